The summed E-state index contributed by atoms with van der Waals surface area (Å²) < 4.78 is 5.39. The average Bonchev–Trinajstić information content (AvgIpc) is 2.40. The Morgan fingerprint density at radius 2 is 1.88 bits per heavy atom. The van der Waals surface area contributed by atoms with Gasteiger partial charge >= 0.3 is 0 Å². The molecule has 0 amide bonds. The highest BCUT2D eigenvalue weighted by Gasteiger charge is 2.31. The van der Waals surface area contributed by atoms with Gasteiger partial charge in [-0.2, -0.15) is 0 Å². The van der Waals surface area contributed by atoms with Gasteiger partial charge < -0.3 is 9.84 Å². The lowest BCUT2D eigenvalue weighted by Crippen LogP contribution is -2.28. The Kier molecular flexibility index (Phi) is 3.00. The summed E-state index contributed by atoms with van der Waals surface area (Å²) in [4.78, 5) is 0. The van der Waals surface area contributed by atoms with Gasteiger partial charge in [0.15, 0.2) is 0 Å². The molecule has 1 aromatic carbocycles. The molecule has 17 heavy (non-hydrogen) atoms. The van der Waals surface area contributed by atoms with E-state index in [0.29, 0.717) is 5.92 Å². The van der Waals surface area contributed by atoms with Crippen molar-refractivity contribution in [2.75, 3.05) is 13.2 Å². The van der Waals surface area contributed by atoms with E-state index in [4.69, 9.17) is 4.74 Å². The first-order valence-electron chi connectivity index (χ1n) is 6.39. The molecule has 2 heteroatoms. The second kappa shape index (κ2) is 4.63. The molecule has 1 aliphatic heterocycles. The van der Waals surface area contributed by atoms with Crippen LogP contribution < -0.4 is 0 Å². The maximum Gasteiger partial charge on any atom is 0.0861 e. The molecule has 2 aliphatic rings. The summed E-state index contributed by atoms with van der Waals surface area (Å²) >= 11 is 0. The molecule has 0 saturated carbocycles. The van der Waals surface area contributed by atoms with Crippen molar-refractivity contribution in [2.45, 2.75) is 18.9 Å². The van der Waals surface area contributed by atoms with Gasteiger partial charge in [0.2, 0.25) is 0 Å². The smallest absolute Gasteiger partial charge is 0.0861 e. The predicted octanol–water partition coefficient (Wildman–Crippen LogP) is 2.79. The fraction of sp³-hybridized carbons (Fsp3) is 0.467. The van der Waals surface area contributed by atoms with Gasteiger partial charge in [0.1, 0.15) is 0 Å². The molecule has 1 heterocycles. The summed E-state index contributed by atoms with van der Waals surface area (Å²) in [5, 5.41) is 10.5. The molecule has 0 radical (unpaired) electrons. The van der Waals surface area contributed by atoms with E-state index in [-0.39, 0.29) is 12.0 Å². The number of benzene rings is 1. The second-order valence-corrected chi connectivity index (χ2v) is 4.96. The predicted molar refractivity (Wildman–Crippen MR) is 67.5 cm³/mol. The second-order valence-electron chi connectivity index (χ2n) is 4.96. The molecule has 0 unspecified atom stereocenters. The van der Waals surface area contributed by atoms with Crippen LogP contribution in [0.25, 0.3) is 6.08 Å². The number of aliphatic hydroxyl groups is 1. The molecule has 1 aliphatic carbocycles. The number of rotatable bonds is 1. The van der Waals surface area contributed by atoms with Gasteiger partial charge in [-0.25, -0.2) is 0 Å². The van der Waals surface area contributed by atoms with Crippen LogP contribution in [-0.4, -0.2) is 18.3 Å². The minimum absolute atomic E-state index is 0.258. The van der Waals surface area contributed by atoms with Crippen LogP contribution in [0.2, 0.25) is 0 Å². The van der Waals surface area contributed by atoms with Crippen molar-refractivity contribution in [2.24, 2.45) is 11.8 Å². The Morgan fingerprint density at radius 3 is 2.71 bits per heavy atom. The molecule has 2 nitrogen and oxygen atoms in total. The summed E-state index contributed by atoms with van der Waals surface area (Å²) in [6, 6.07) is 8.12. The first-order chi connectivity index (χ1) is 8.36. The molecule has 2 atom stereocenters. The molecule has 0 bridgehead atoms. The van der Waals surface area contributed by atoms with Gasteiger partial charge in [0, 0.05) is 19.1 Å². The van der Waals surface area contributed by atoms with Crippen LogP contribution in [0.5, 0.6) is 0 Å². The van der Waals surface area contributed by atoms with Crippen molar-refractivity contribution >= 4 is 6.08 Å². The standard InChI is InChI=1S/C15H18O2/c16-15-13-4-2-1-3-11(13)5-6-14(15)12-7-9-17-10-8-12/h1-6,12,14-16H,7-10H2/t14-,15-/m1/s1. The normalized spacial score (nSPS) is 29.0. The number of hydrogen-bond donors (Lipinski definition) is 1. The Bertz CT molecular complexity index is 419. The summed E-state index contributed by atoms with van der Waals surface area (Å²) in [5.74, 6) is 0.817. The van der Waals surface area contributed by atoms with E-state index in [1.165, 1.54) is 0 Å². The molecule has 1 fully saturated rings. The third kappa shape index (κ3) is 2.03. The van der Waals surface area contributed by atoms with Crippen LogP contribution in [-0.2, 0) is 4.74 Å². The van der Waals surface area contributed by atoms with Crippen molar-refractivity contribution < 1.29 is 9.84 Å². The topological polar surface area (TPSA) is 29.5 Å². The minimum atomic E-state index is -0.348. The van der Waals surface area contributed by atoms with E-state index in [1.54, 1.807) is 0 Å². The highest BCUT2D eigenvalue weighted by Crippen LogP contribution is 2.39. The average molecular weight is 230 g/mol. The highest BCUT2D eigenvalue weighted by atomic mass is 16.5. The molecule has 1 N–H and O–H groups in total. The SMILES string of the molecule is O[C@@H]1c2ccccc2C=C[C@@H]1C1CCOCC1. The van der Waals surface area contributed by atoms with E-state index in [0.717, 1.165) is 37.2 Å². The summed E-state index contributed by atoms with van der Waals surface area (Å²) in [5.41, 5.74) is 2.23. The Hall–Kier alpha value is -1.12. The zero-order valence-electron chi connectivity index (χ0n) is 9.88. The van der Waals surface area contributed by atoms with E-state index < -0.39 is 0 Å². The molecule has 90 valence electrons. The van der Waals surface area contributed by atoms with Crippen LogP contribution in [0.1, 0.15) is 30.1 Å². The van der Waals surface area contributed by atoms with Gasteiger partial charge in [0.25, 0.3) is 0 Å². The van der Waals surface area contributed by atoms with E-state index in [2.05, 4.69) is 18.2 Å². The lowest BCUT2D eigenvalue weighted by molar-refractivity contribution is 0.0190. The molecule has 1 saturated heterocycles. The van der Waals surface area contributed by atoms with Gasteiger partial charge in [-0.1, -0.05) is 36.4 Å². The van der Waals surface area contributed by atoms with Gasteiger partial charge in [-0.05, 0) is 29.9 Å². The van der Waals surface area contributed by atoms with Gasteiger partial charge in [-0.15, -0.1) is 0 Å². The van der Waals surface area contributed by atoms with Crippen LogP contribution in [0.3, 0.4) is 0 Å². The number of aliphatic hydroxyl groups excluding tert-OH is 1. The zero-order valence-corrected chi connectivity index (χ0v) is 9.88. The quantitative estimate of drug-likeness (QED) is 0.804. The fourth-order valence-electron chi connectivity index (χ4n) is 2.98. The lowest BCUT2D eigenvalue weighted by atomic mass is 9.76. The summed E-state index contributed by atoms with van der Waals surface area (Å²) in [7, 11) is 0. The van der Waals surface area contributed by atoms with Gasteiger partial charge in [-0.3, -0.25) is 0 Å². The zero-order chi connectivity index (χ0) is 11.7. The van der Waals surface area contributed by atoms with Crippen molar-refractivity contribution in [3.05, 3.63) is 41.5 Å². The lowest BCUT2D eigenvalue weighted by Gasteiger charge is -2.34. The third-order valence-electron chi connectivity index (χ3n) is 3.99. The fourth-order valence-corrected chi connectivity index (χ4v) is 2.98. The van der Waals surface area contributed by atoms with Crippen molar-refractivity contribution in [3.8, 4) is 0 Å². The van der Waals surface area contributed by atoms with Gasteiger partial charge in [0.05, 0.1) is 6.10 Å². The van der Waals surface area contributed by atoms with Crippen molar-refractivity contribution in [1.82, 2.24) is 0 Å². The van der Waals surface area contributed by atoms with Crippen LogP contribution in [0, 0.1) is 11.8 Å². The van der Waals surface area contributed by atoms with E-state index in [9.17, 15) is 5.11 Å². The number of hydrogen-bond acceptors (Lipinski definition) is 2. The first-order valence-corrected chi connectivity index (χ1v) is 6.39. The Labute approximate surface area is 102 Å². The first kappa shape index (κ1) is 11.0. The monoisotopic (exact) mass is 230 g/mol. The largest absolute Gasteiger partial charge is 0.388 e. The maximum atomic E-state index is 10.5. The number of fused-ring (bicyclic) bond motifs is 1. The molecule has 0 aromatic heterocycles. The van der Waals surface area contributed by atoms with E-state index >= 15 is 0 Å². The Balaban J connectivity index is 1.85. The molecule has 0 spiro atoms. The van der Waals surface area contributed by atoms with Crippen LogP contribution in [0.15, 0.2) is 30.3 Å². The van der Waals surface area contributed by atoms with Crippen LogP contribution >= 0.6 is 0 Å². The van der Waals surface area contributed by atoms with Crippen molar-refractivity contribution in [3.63, 3.8) is 0 Å². The van der Waals surface area contributed by atoms with E-state index in [1.807, 2.05) is 18.2 Å². The summed E-state index contributed by atoms with van der Waals surface area (Å²) in [6.07, 6.45) is 6.12. The summed E-state index contributed by atoms with van der Waals surface area (Å²) in [6.45, 7) is 1.67. The minimum Gasteiger partial charge on any atom is -0.388 e. The number of ether oxygens (including phenoxy) is 1. The Morgan fingerprint density at radius 1 is 1.12 bits per heavy atom. The third-order valence-corrected chi connectivity index (χ3v) is 3.99. The molecular formula is C15H18O2. The molecule has 1 aromatic rings. The van der Waals surface area contributed by atoms with Crippen molar-refractivity contribution in [1.29, 1.82) is 0 Å². The highest BCUT2D eigenvalue weighted by molar-refractivity contribution is 5.57. The van der Waals surface area contributed by atoms with Crippen LogP contribution in [0.4, 0.5) is 0 Å². The maximum absolute atomic E-state index is 10.5. The molecular weight excluding hydrogens is 212 g/mol. The molecule has 3 rings (SSSR count).